The lowest BCUT2D eigenvalue weighted by Gasteiger charge is -2.51. The van der Waals surface area contributed by atoms with Gasteiger partial charge in [-0.05, 0) is 73.1 Å². The van der Waals surface area contributed by atoms with Crippen molar-refractivity contribution in [1.29, 1.82) is 0 Å². The Bertz CT molecular complexity index is 1530. The van der Waals surface area contributed by atoms with Crippen molar-refractivity contribution in [3.63, 3.8) is 0 Å². The van der Waals surface area contributed by atoms with E-state index in [1.165, 1.54) is 6.08 Å². The van der Waals surface area contributed by atoms with E-state index in [0.717, 1.165) is 5.57 Å². The SMILES string of the molecule is CC(C)=CCc1c2c(c(O)c3c1O[C@@]14C(=CC(=O)C[C@@H]1C(C)(C)O[C@@]41CC=C(C)C(=O)O1)C3=O)C=CC(C)(C)O2. The zero-order valence-electron chi connectivity index (χ0n) is 23.9. The van der Waals surface area contributed by atoms with Crippen LogP contribution in [0.15, 0.2) is 41.0 Å². The van der Waals surface area contributed by atoms with E-state index in [0.29, 0.717) is 28.9 Å². The Morgan fingerprint density at radius 1 is 1.07 bits per heavy atom. The maximum atomic E-state index is 14.5. The predicted octanol–water partition coefficient (Wildman–Crippen LogP) is 5.31. The van der Waals surface area contributed by atoms with Gasteiger partial charge >= 0.3 is 5.97 Å². The molecule has 3 atom stereocenters. The zero-order valence-corrected chi connectivity index (χ0v) is 23.9. The third-order valence-corrected chi connectivity index (χ3v) is 8.67. The highest BCUT2D eigenvalue weighted by Gasteiger charge is 2.78. The van der Waals surface area contributed by atoms with Gasteiger partial charge < -0.3 is 24.1 Å². The number of esters is 1. The number of Topliss-reactive ketones (excluding diaryl/α,β-unsaturated/α-hetero) is 1. The van der Waals surface area contributed by atoms with Gasteiger partial charge in [-0.25, -0.2) is 4.79 Å². The van der Waals surface area contributed by atoms with Crippen LogP contribution in [0.5, 0.6) is 17.2 Å². The maximum absolute atomic E-state index is 14.5. The molecule has 6 rings (SSSR count). The van der Waals surface area contributed by atoms with E-state index >= 15 is 0 Å². The number of carbonyl (C=O) groups is 3. The average molecular weight is 547 g/mol. The number of ketones is 2. The second-order valence-corrected chi connectivity index (χ2v) is 12.7. The van der Waals surface area contributed by atoms with Crippen LogP contribution in [0.25, 0.3) is 6.08 Å². The fourth-order valence-corrected chi connectivity index (χ4v) is 6.74. The standard InChI is InChI=1S/C32H34O8/c1-16(2)8-9-20-26-19(11-12-29(4,5)37-26)24(34)23-25(35)21-14-18(33)15-22-30(6,7)40-31(32(21,22)38-27(20)23)13-10-17(3)28(36)39-31/h8,10-12,14,22,34H,9,13,15H2,1-7H3/t22-,31+,32+/m1/s1. The molecule has 1 aromatic carbocycles. The van der Waals surface area contributed by atoms with E-state index in [1.807, 2.05) is 53.7 Å². The number of hydrogen-bond donors (Lipinski definition) is 1. The first kappa shape index (κ1) is 26.6. The summed E-state index contributed by atoms with van der Waals surface area (Å²) < 4.78 is 26.0. The molecule has 0 amide bonds. The van der Waals surface area contributed by atoms with Gasteiger partial charge in [0.05, 0.1) is 16.7 Å². The van der Waals surface area contributed by atoms with Crippen LogP contribution < -0.4 is 9.47 Å². The molecule has 5 aliphatic rings. The Morgan fingerprint density at radius 3 is 2.48 bits per heavy atom. The third kappa shape index (κ3) is 3.44. The van der Waals surface area contributed by atoms with Crippen molar-refractivity contribution in [2.75, 3.05) is 0 Å². The number of rotatable bonds is 2. The third-order valence-electron chi connectivity index (χ3n) is 8.67. The van der Waals surface area contributed by atoms with Crippen LogP contribution in [-0.4, -0.2) is 45.2 Å². The molecule has 0 bridgehead atoms. The minimum Gasteiger partial charge on any atom is -0.506 e. The van der Waals surface area contributed by atoms with Crippen LogP contribution >= 0.6 is 0 Å². The van der Waals surface area contributed by atoms with E-state index in [1.54, 1.807) is 19.1 Å². The molecule has 0 unspecified atom stereocenters. The molecule has 8 heteroatoms. The predicted molar refractivity (Wildman–Crippen MR) is 146 cm³/mol. The van der Waals surface area contributed by atoms with Crippen LogP contribution in [0, 0.1) is 5.92 Å². The molecule has 210 valence electrons. The van der Waals surface area contributed by atoms with Gasteiger partial charge in [0.25, 0.3) is 5.79 Å². The summed E-state index contributed by atoms with van der Waals surface area (Å²) in [5.41, 5.74) is -0.866. The summed E-state index contributed by atoms with van der Waals surface area (Å²) in [6.07, 6.45) is 9.09. The highest BCUT2D eigenvalue weighted by molar-refractivity contribution is 6.19. The minimum absolute atomic E-state index is 0.0250. The fourth-order valence-electron chi connectivity index (χ4n) is 6.74. The summed E-state index contributed by atoms with van der Waals surface area (Å²) >= 11 is 0. The highest BCUT2D eigenvalue weighted by atomic mass is 16.8. The van der Waals surface area contributed by atoms with E-state index < -0.39 is 40.3 Å². The second kappa shape index (κ2) is 8.19. The topological polar surface area (TPSA) is 108 Å². The van der Waals surface area contributed by atoms with E-state index in [4.69, 9.17) is 18.9 Å². The number of allylic oxidation sites excluding steroid dienone is 3. The lowest BCUT2D eigenvalue weighted by molar-refractivity contribution is -0.272. The first-order valence-corrected chi connectivity index (χ1v) is 13.6. The Morgan fingerprint density at radius 2 is 1.80 bits per heavy atom. The van der Waals surface area contributed by atoms with E-state index in [9.17, 15) is 19.5 Å². The molecule has 0 radical (unpaired) electrons. The van der Waals surface area contributed by atoms with Crippen molar-refractivity contribution in [3.8, 4) is 17.2 Å². The lowest BCUT2D eigenvalue weighted by Crippen LogP contribution is -2.66. The van der Waals surface area contributed by atoms with Crippen LogP contribution in [-0.2, 0) is 25.5 Å². The molecule has 0 aromatic heterocycles. The Kier molecular flexibility index (Phi) is 5.44. The Hall–Kier alpha value is -3.65. The molecule has 40 heavy (non-hydrogen) atoms. The fraction of sp³-hybridized carbons (Fsp3) is 0.469. The summed E-state index contributed by atoms with van der Waals surface area (Å²) in [4.78, 5) is 40.5. The molecule has 4 aliphatic heterocycles. The number of hydrogen-bond acceptors (Lipinski definition) is 8. The normalized spacial score (nSPS) is 30.6. The lowest BCUT2D eigenvalue weighted by atomic mass is 9.62. The molecule has 1 fully saturated rings. The molecule has 1 N–H and O–H groups in total. The van der Waals surface area contributed by atoms with Crippen LogP contribution in [0.3, 0.4) is 0 Å². The van der Waals surface area contributed by atoms with Crippen LogP contribution in [0.1, 0.15) is 82.8 Å². The molecule has 8 nitrogen and oxygen atoms in total. The van der Waals surface area contributed by atoms with Gasteiger partial charge in [0, 0.05) is 29.9 Å². The number of phenolic OH excluding ortho intramolecular Hbond substituents is 1. The van der Waals surface area contributed by atoms with Crippen molar-refractivity contribution in [2.45, 2.75) is 90.3 Å². The van der Waals surface area contributed by atoms with Gasteiger partial charge in [-0.3, -0.25) is 9.59 Å². The Labute approximate surface area is 233 Å². The molecule has 0 saturated carbocycles. The number of ether oxygens (including phenoxy) is 4. The zero-order chi connectivity index (χ0) is 29.0. The molecular formula is C32H34O8. The quantitative estimate of drug-likeness (QED) is 0.393. The van der Waals surface area contributed by atoms with Crippen LogP contribution in [0.4, 0.5) is 0 Å². The first-order valence-electron chi connectivity index (χ1n) is 13.6. The highest BCUT2D eigenvalue weighted by Crippen LogP contribution is 2.64. The number of benzene rings is 1. The van der Waals surface area contributed by atoms with Crippen molar-refractivity contribution < 1.29 is 38.4 Å². The molecule has 2 spiro atoms. The Balaban J connectivity index is 1.69. The van der Waals surface area contributed by atoms with E-state index in [2.05, 4.69) is 0 Å². The number of carbonyl (C=O) groups excluding carboxylic acids is 3. The molecule has 1 aromatic rings. The van der Waals surface area contributed by atoms with Gasteiger partial charge in [-0.1, -0.05) is 17.7 Å². The summed E-state index contributed by atoms with van der Waals surface area (Å²) in [5, 5.41) is 11.5. The van der Waals surface area contributed by atoms with Crippen molar-refractivity contribution in [3.05, 3.63) is 57.7 Å². The summed E-state index contributed by atoms with van der Waals surface area (Å²) in [5.74, 6) is -3.45. The average Bonchev–Trinajstić information content (AvgIpc) is 3.02. The molecule has 1 aliphatic carbocycles. The smallest absolute Gasteiger partial charge is 0.336 e. The van der Waals surface area contributed by atoms with Crippen molar-refractivity contribution >= 4 is 23.6 Å². The second-order valence-electron chi connectivity index (χ2n) is 12.7. The van der Waals surface area contributed by atoms with Gasteiger partial charge in [-0.15, -0.1) is 0 Å². The monoisotopic (exact) mass is 546 g/mol. The molecular weight excluding hydrogens is 512 g/mol. The van der Waals surface area contributed by atoms with Gasteiger partial charge in [0.2, 0.25) is 11.4 Å². The number of fused-ring (bicyclic) bond motifs is 2. The van der Waals surface area contributed by atoms with Gasteiger partial charge in [0.1, 0.15) is 28.4 Å². The maximum Gasteiger partial charge on any atom is 0.336 e. The molecule has 4 heterocycles. The van der Waals surface area contributed by atoms with Gasteiger partial charge in [0.15, 0.2) is 5.78 Å². The minimum atomic E-state index is -1.70. The first-order chi connectivity index (χ1) is 18.6. The van der Waals surface area contributed by atoms with E-state index in [-0.39, 0.29) is 41.3 Å². The summed E-state index contributed by atoms with van der Waals surface area (Å²) in [6, 6.07) is 0. The molecule has 1 saturated heterocycles. The van der Waals surface area contributed by atoms with Crippen molar-refractivity contribution in [1.82, 2.24) is 0 Å². The largest absolute Gasteiger partial charge is 0.506 e. The van der Waals surface area contributed by atoms with Gasteiger partial charge in [-0.2, -0.15) is 0 Å². The summed E-state index contributed by atoms with van der Waals surface area (Å²) in [6.45, 7) is 13.0. The number of aromatic hydroxyl groups is 1. The number of phenols is 1. The van der Waals surface area contributed by atoms with Crippen molar-refractivity contribution in [2.24, 2.45) is 5.92 Å². The summed E-state index contributed by atoms with van der Waals surface area (Å²) in [7, 11) is 0. The van der Waals surface area contributed by atoms with Crippen LogP contribution in [0.2, 0.25) is 0 Å².